The van der Waals surface area contributed by atoms with Gasteiger partial charge in [-0.15, -0.1) is 0 Å². The van der Waals surface area contributed by atoms with E-state index in [2.05, 4.69) is 19.2 Å². The fraction of sp³-hybridized carbons (Fsp3) is 0.667. The number of fused-ring (bicyclic) bond motifs is 1. The van der Waals surface area contributed by atoms with Gasteiger partial charge in [-0.05, 0) is 59.6 Å². The van der Waals surface area contributed by atoms with Crippen molar-refractivity contribution in [1.82, 2.24) is 5.32 Å². The molecule has 2 bridgehead atoms. The van der Waals surface area contributed by atoms with Crippen molar-refractivity contribution in [3.8, 4) is 5.75 Å². The van der Waals surface area contributed by atoms with Crippen molar-refractivity contribution in [3.05, 3.63) is 29.8 Å². The van der Waals surface area contributed by atoms with E-state index in [0.29, 0.717) is 18.3 Å². The minimum absolute atomic E-state index is 0.0662. The van der Waals surface area contributed by atoms with Crippen molar-refractivity contribution < 1.29 is 14.6 Å². The molecular weight excluding hydrogens is 314 g/mol. The number of rotatable bonds is 3. The monoisotopic (exact) mass is 343 g/mol. The molecule has 1 aromatic rings. The molecule has 2 N–H and O–H groups in total. The Bertz CT molecular complexity index is 668. The first-order valence-corrected chi connectivity index (χ1v) is 9.58. The van der Waals surface area contributed by atoms with Crippen molar-refractivity contribution in [3.63, 3.8) is 0 Å². The molecule has 3 fully saturated rings. The highest BCUT2D eigenvalue weighted by molar-refractivity contribution is 5.76. The maximum atomic E-state index is 12.2. The van der Waals surface area contributed by atoms with E-state index in [9.17, 15) is 9.90 Å². The van der Waals surface area contributed by atoms with Crippen LogP contribution in [-0.2, 0) is 9.53 Å². The van der Waals surface area contributed by atoms with Crippen molar-refractivity contribution in [2.75, 3.05) is 6.61 Å². The molecule has 1 aliphatic heterocycles. The molecule has 1 aromatic carbocycles. The minimum atomic E-state index is 0.0662. The topological polar surface area (TPSA) is 58.6 Å². The number of nitrogens with one attached hydrogen (secondary N) is 1. The van der Waals surface area contributed by atoms with E-state index < -0.39 is 0 Å². The van der Waals surface area contributed by atoms with Crippen LogP contribution in [0.3, 0.4) is 0 Å². The molecule has 3 aliphatic rings. The molecule has 4 rings (SSSR count). The molecular formula is C21H29NO3. The number of carbonyl (C=O) groups excluding carboxylic acids is 1. The Balaban J connectivity index is 1.69. The Morgan fingerprint density at radius 3 is 2.72 bits per heavy atom. The largest absolute Gasteiger partial charge is 0.508 e. The zero-order chi connectivity index (χ0) is 17.8. The molecule has 1 heterocycles. The van der Waals surface area contributed by atoms with E-state index in [1.165, 1.54) is 6.42 Å². The van der Waals surface area contributed by atoms with Crippen LogP contribution in [0.5, 0.6) is 5.75 Å². The van der Waals surface area contributed by atoms with Crippen LogP contribution in [-0.4, -0.2) is 23.7 Å². The van der Waals surface area contributed by atoms with Gasteiger partial charge in [0, 0.05) is 19.1 Å². The Labute approximate surface area is 150 Å². The summed E-state index contributed by atoms with van der Waals surface area (Å²) in [6.07, 6.45) is 3.99. The fourth-order valence-electron chi connectivity index (χ4n) is 6.04. The molecule has 0 unspecified atom stereocenters. The molecule has 0 radical (unpaired) electrons. The van der Waals surface area contributed by atoms with Gasteiger partial charge in [-0.1, -0.05) is 32.9 Å². The smallest absolute Gasteiger partial charge is 0.219 e. The lowest BCUT2D eigenvalue weighted by Crippen LogP contribution is -2.58. The van der Waals surface area contributed by atoms with Crippen molar-refractivity contribution >= 4 is 5.91 Å². The van der Waals surface area contributed by atoms with Crippen LogP contribution in [0.15, 0.2) is 24.3 Å². The molecule has 4 heteroatoms. The van der Waals surface area contributed by atoms with E-state index in [-0.39, 0.29) is 34.6 Å². The lowest BCUT2D eigenvalue weighted by atomic mass is 9.59. The number of hydrogen-bond donors (Lipinski definition) is 2. The minimum Gasteiger partial charge on any atom is -0.508 e. The zero-order valence-corrected chi connectivity index (χ0v) is 15.4. The third-order valence-corrected chi connectivity index (χ3v) is 7.35. The number of ether oxygens (including phenoxy) is 1. The van der Waals surface area contributed by atoms with Gasteiger partial charge in [-0.3, -0.25) is 4.79 Å². The van der Waals surface area contributed by atoms with E-state index in [1.807, 2.05) is 19.1 Å². The van der Waals surface area contributed by atoms with Crippen molar-refractivity contribution in [2.24, 2.45) is 22.7 Å². The van der Waals surface area contributed by atoms with Gasteiger partial charge in [-0.2, -0.15) is 0 Å². The van der Waals surface area contributed by atoms with Crippen molar-refractivity contribution in [2.45, 2.75) is 58.6 Å². The maximum absolute atomic E-state index is 12.2. The molecule has 2 saturated carbocycles. The van der Waals surface area contributed by atoms with Crippen LogP contribution < -0.4 is 5.32 Å². The number of hydrogen-bond acceptors (Lipinski definition) is 3. The third kappa shape index (κ3) is 2.41. The lowest BCUT2D eigenvalue weighted by Gasteiger charge is -2.53. The number of carbonyl (C=O) groups is 1. The molecule has 0 aromatic heterocycles. The highest BCUT2D eigenvalue weighted by atomic mass is 16.5. The van der Waals surface area contributed by atoms with Crippen LogP contribution >= 0.6 is 0 Å². The highest BCUT2D eigenvalue weighted by Crippen LogP contribution is 2.70. The quantitative estimate of drug-likeness (QED) is 0.877. The number of aromatic hydroxyl groups is 1. The standard InChI is InChI=1S/C21H29NO3/c1-4-17(24)22-19-20(2,3)14-11-16-18(13-5-7-15(23)8-6-13)25-10-9-21(16,19)12-14/h5-8,14,16,18-19,23H,4,9-12H2,1-3H3,(H,22,24)/t14-,16-,18-,19+,21-/m1/s1. The predicted molar refractivity (Wildman–Crippen MR) is 96.1 cm³/mol. The maximum Gasteiger partial charge on any atom is 0.219 e. The molecule has 2 aliphatic carbocycles. The molecule has 25 heavy (non-hydrogen) atoms. The van der Waals surface area contributed by atoms with E-state index in [0.717, 1.165) is 25.0 Å². The Morgan fingerprint density at radius 1 is 1.32 bits per heavy atom. The van der Waals surface area contributed by atoms with E-state index >= 15 is 0 Å². The fourth-order valence-corrected chi connectivity index (χ4v) is 6.04. The molecule has 1 amide bonds. The summed E-state index contributed by atoms with van der Waals surface area (Å²) >= 11 is 0. The van der Waals surface area contributed by atoms with Gasteiger partial charge < -0.3 is 15.2 Å². The van der Waals surface area contributed by atoms with E-state index in [1.54, 1.807) is 12.1 Å². The summed E-state index contributed by atoms with van der Waals surface area (Å²) in [5, 5.41) is 13.0. The summed E-state index contributed by atoms with van der Waals surface area (Å²) in [5.41, 5.74) is 1.42. The van der Waals surface area contributed by atoms with Crippen LogP contribution in [0, 0.1) is 22.7 Å². The van der Waals surface area contributed by atoms with E-state index in [4.69, 9.17) is 4.74 Å². The molecule has 1 spiro atoms. The predicted octanol–water partition coefficient (Wildman–Crippen LogP) is 3.80. The SMILES string of the molecule is CCC(=O)N[C@H]1C(C)(C)[C@@H]2C[C@@H]3[C@@H](c4ccc(O)cc4)OCC[C@@]31C2. The second-order valence-electron chi connectivity index (χ2n) is 8.78. The van der Waals surface area contributed by atoms with Crippen LogP contribution in [0.1, 0.15) is 58.1 Å². The first-order chi connectivity index (χ1) is 11.9. The summed E-state index contributed by atoms with van der Waals surface area (Å²) in [6, 6.07) is 7.67. The summed E-state index contributed by atoms with van der Waals surface area (Å²) in [4.78, 5) is 12.2. The zero-order valence-electron chi connectivity index (χ0n) is 15.4. The summed E-state index contributed by atoms with van der Waals surface area (Å²) < 4.78 is 6.22. The van der Waals surface area contributed by atoms with Gasteiger partial charge in [0.05, 0.1) is 6.10 Å². The second kappa shape index (κ2) is 5.73. The van der Waals surface area contributed by atoms with Crippen LogP contribution in [0.2, 0.25) is 0 Å². The molecule has 4 nitrogen and oxygen atoms in total. The number of phenolic OH excluding ortho intramolecular Hbond substituents is 1. The van der Waals surface area contributed by atoms with Gasteiger partial charge in [0.15, 0.2) is 0 Å². The van der Waals surface area contributed by atoms with Gasteiger partial charge in [-0.25, -0.2) is 0 Å². The Kier molecular flexibility index (Phi) is 3.87. The number of benzene rings is 1. The third-order valence-electron chi connectivity index (χ3n) is 7.35. The molecule has 5 atom stereocenters. The first kappa shape index (κ1) is 16.9. The number of phenols is 1. The van der Waals surface area contributed by atoms with Crippen LogP contribution in [0.4, 0.5) is 0 Å². The Morgan fingerprint density at radius 2 is 2.04 bits per heavy atom. The number of amides is 1. The van der Waals surface area contributed by atoms with Gasteiger partial charge >= 0.3 is 0 Å². The van der Waals surface area contributed by atoms with Gasteiger partial charge in [0.2, 0.25) is 5.91 Å². The van der Waals surface area contributed by atoms with Gasteiger partial charge in [0.25, 0.3) is 0 Å². The normalized spacial score (nSPS) is 38.4. The molecule has 136 valence electrons. The van der Waals surface area contributed by atoms with Gasteiger partial charge in [0.1, 0.15) is 5.75 Å². The summed E-state index contributed by atoms with van der Waals surface area (Å²) in [5.74, 6) is 1.51. The average molecular weight is 343 g/mol. The van der Waals surface area contributed by atoms with Crippen molar-refractivity contribution in [1.29, 1.82) is 0 Å². The highest BCUT2D eigenvalue weighted by Gasteiger charge is 2.68. The Hall–Kier alpha value is -1.55. The second-order valence-corrected chi connectivity index (χ2v) is 8.78. The lowest BCUT2D eigenvalue weighted by molar-refractivity contribution is -0.137. The first-order valence-electron chi connectivity index (χ1n) is 9.58. The van der Waals surface area contributed by atoms with Crippen LogP contribution in [0.25, 0.3) is 0 Å². The molecule has 1 saturated heterocycles. The summed E-state index contributed by atoms with van der Waals surface area (Å²) in [6.45, 7) is 7.32. The summed E-state index contributed by atoms with van der Waals surface area (Å²) in [7, 11) is 0. The average Bonchev–Trinajstić information content (AvgIpc) is 3.08.